The molecule has 0 radical (unpaired) electrons. The lowest BCUT2D eigenvalue weighted by molar-refractivity contribution is -0.128. The third kappa shape index (κ3) is 3.25. The summed E-state index contributed by atoms with van der Waals surface area (Å²) < 4.78 is 0. The number of hydrogen-bond acceptors (Lipinski definition) is 3. The van der Waals surface area contributed by atoms with E-state index in [1.54, 1.807) is 6.92 Å². The van der Waals surface area contributed by atoms with Crippen LogP contribution in [-0.4, -0.2) is 52.8 Å². The van der Waals surface area contributed by atoms with Crippen molar-refractivity contribution in [2.24, 2.45) is 0 Å². The van der Waals surface area contributed by atoms with Crippen molar-refractivity contribution in [3.05, 3.63) is 41.1 Å². The Balaban J connectivity index is 1.93. The second-order valence-electron chi connectivity index (χ2n) is 6.48. The molecule has 126 valence electrons. The third-order valence-corrected chi connectivity index (χ3v) is 4.55. The number of rotatable bonds is 1. The minimum atomic E-state index is 0.0292. The van der Waals surface area contributed by atoms with Gasteiger partial charge in [-0.2, -0.15) is 0 Å². The zero-order chi connectivity index (χ0) is 17.3. The first-order valence-corrected chi connectivity index (χ1v) is 8.38. The summed E-state index contributed by atoms with van der Waals surface area (Å²) >= 11 is 0. The molecule has 3 rings (SSSR count). The van der Waals surface area contributed by atoms with Gasteiger partial charge in [0.05, 0.1) is 11.1 Å². The summed E-state index contributed by atoms with van der Waals surface area (Å²) in [5.74, 6) is 0.103. The Kier molecular flexibility index (Phi) is 4.51. The Hall–Kier alpha value is -2.43. The van der Waals surface area contributed by atoms with Gasteiger partial charge in [-0.3, -0.25) is 14.6 Å². The van der Waals surface area contributed by atoms with Gasteiger partial charge in [0, 0.05) is 44.2 Å². The van der Waals surface area contributed by atoms with Crippen molar-refractivity contribution in [1.82, 2.24) is 14.8 Å². The van der Waals surface area contributed by atoms with Crippen LogP contribution < -0.4 is 0 Å². The zero-order valence-corrected chi connectivity index (χ0v) is 14.5. The summed E-state index contributed by atoms with van der Waals surface area (Å²) in [6.07, 6.45) is 0.812. The Morgan fingerprint density at radius 2 is 1.71 bits per heavy atom. The molecule has 24 heavy (non-hydrogen) atoms. The van der Waals surface area contributed by atoms with Crippen LogP contribution in [0.5, 0.6) is 0 Å². The van der Waals surface area contributed by atoms with Gasteiger partial charge in [0.25, 0.3) is 5.91 Å². The molecule has 0 bridgehead atoms. The molecular weight excluding hydrogens is 302 g/mol. The molecule has 5 heteroatoms. The first kappa shape index (κ1) is 16.4. The number of aromatic nitrogens is 1. The lowest BCUT2D eigenvalue weighted by atomic mass is 10.0. The first-order chi connectivity index (χ1) is 11.5. The van der Waals surface area contributed by atoms with Crippen LogP contribution in [0.25, 0.3) is 10.9 Å². The zero-order valence-electron chi connectivity index (χ0n) is 14.5. The molecular formula is C19H23N3O2. The predicted octanol–water partition coefficient (Wildman–Crippen LogP) is 2.55. The Bertz CT molecular complexity index is 801. The van der Waals surface area contributed by atoms with Crippen LogP contribution in [0.15, 0.2) is 24.3 Å². The summed E-state index contributed by atoms with van der Waals surface area (Å²) in [5.41, 5.74) is 3.51. The van der Waals surface area contributed by atoms with Crippen molar-refractivity contribution >= 4 is 22.7 Å². The van der Waals surface area contributed by atoms with Crippen molar-refractivity contribution in [2.75, 3.05) is 26.2 Å². The van der Waals surface area contributed by atoms with Crippen molar-refractivity contribution in [1.29, 1.82) is 0 Å². The minimum Gasteiger partial charge on any atom is -0.341 e. The average Bonchev–Trinajstić information content (AvgIpc) is 2.80. The summed E-state index contributed by atoms with van der Waals surface area (Å²) in [4.78, 5) is 32.9. The predicted molar refractivity (Wildman–Crippen MR) is 94.0 cm³/mol. The highest BCUT2D eigenvalue weighted by Crippen LogP contribution is 2.22. The Morgan fingerprint density at radius 3 is 2.46 bits per heavy atom. The van der Waals surface area contributed by atoms with Gasteiger partial charge < -0.3 is 9.80 Å². The van der Waals surface area contributed by atoms with Crippen LogP contribution >= 0.6 is 0 Å². The minimum absolute atomic E-state index is 0.0292. The lowest BCUT2D eigenvalue weighted by Crippen LogP contribution is -2.36. The van der Waals surface area contributed by atoms with Crippen LogP contribution in [0.2, 0.25) is 0 Å². The number of carbonyl (C=O) groups is 2. The Labute approximate surface area is 142 Å². The highest BCUT2D eigenvalue weighted by molar-refractivity contribution is 6.06. The fourth-order valence-corrected chi connectivity index (χ4v) is 3.25. The molecule has 0 aliphatic carbocycles. The van der Waals surface area contributed by atoms with E-state index in [0.29, 0.717) is 31.7 Å². The number of aryl methyl sites for hydroxylation is 2. The molecule has 5 nitrogen and oxygen atoms in total. The van der Waals surface area contributed by atoms with Crippen LogP contribution in [0.1, 0.15) is 35.0 Å². The summed E-state index contributed by atoms with van der Waals surface area (Å²) in [6.45, 7) is 8.08. The molecule has 0 unspecified atom stereocenters. The van der Waals surface area contributed by atoms with Crippen LogP contribution in [0.3, 0.4) is 0 Å². The van der Waals surface area contributed by atoms with E-state index in [2.05, 4.69) is 4.98 Å². The fourth-order valence-electron chi connectivity index (χ4n) is 3.25. The third-order valence-electron chi connectivity index (χ3n) is 4.55. The van der Waals surface area contributed by atoms with Gasteiger partial charge in [0.2, 0.25) is 5.91 Å². The van der Waals surface area contributed by atoms with Crippen LogP contribution in [0, 0.1) is 13.8 Å². The van der Waals surface area contributed by atoms with Gasteiger partial charge in [-0.05, 0) is 38.5 Å². The number of fused-ring (bicyclic) bond motifs is 1. The number of nitrogens with zero attached hydrogens (tertiary/aromatic N) is 3. The number of benzene rings is 1. The van der Waals surface area contributed by atoms with Crippen LogP contribution in [-0.2, 0) is 4.79 Å². The van der Waals surface area contributed by atoms with Gasteiger partial charge in [0.1, 0.15) is 0 Å². The summed E-state index contributed by atoms with van der Waals surface area (Å²) in [6, 6.07) is 7.88. The molecule has 1 aliphatic heterocycles. The van der Waals surface area contributed by atoms with E-state index in [9.17, 15) is 9.59 Å². The molecule has 1 fully saturated rings. The number of carbonyl (C=O) groups excluding carboxylic acids is 2. The quantitative estimate of drug-likeness (QED) is 0.810. The molecule has 2 heterocycles. The molecule has 1 saturated heterocycles. The number of hydrogen-bond donors (Lipinski definition) is 0. The van der Waals surface area contributed by atoms with E-state index >= 15 is 0 Å². The molecule has 0 N–H and O–H groups in total. The van der Waals surface area contributed by atoms with E-state index in [0.717, 1.165) is 28.6 Å². The highest BCUT2D eigenvalue weighted by Gasteiger charge is 2.23. The number of pyridine rings is 1. The highest BCUT2D eigenvalue weighted by atomic mass is 16.2. The van der Waals surface area contributed by atoms with Crippen molar-refractivity contribution < 1.29 is 9.59 Å². The topological polar surface area (TPSA) is 53.5 Å². The maximum absolute atomic E-state index is 13.1. The maximum Gasteiger partial charge on any atom is 0.254 e. The second kappa shape index (κ2) is 6.59. The van der Waals surface area contributed by atoms with Crippen molar-refractivity contribution in [3.8, 4) is 0 Å². The first-order valence-electron chi connectivity index (χ1n) is 8.38. The largest absolute Gasteiger partial charge is 0.341 e. The van der Waals surface area contributed by atoms with Gasteiger partial charge >= 0.3 is 0 Å². The monoisotopic (exact) mass is 325 g/mol. The molecule has 1 aromatic heterocycles. The van der Waals surface area contributed by atoms with E-state index < -0.39 is 0 Å². The van der Waals surface area contributed by atoms with Crippen molar-refractivity contribution in [3.63, 3.8) is 0 Å². The van der Waals surface area contributed by atoms with E-state index in [1.807, 2.05) is 47.9 Å². The Morgan fingerprint density at radius 1 is 1.00 bits per heavy atom. The second-order valence-corrected chi connectivity index (χ2v) is 6.48. The number of amides is 2. The van der Waals surface area contributed by atoms with E-state index in [1.165, 1.54) is 0 Å². The summed E-state index contributed by atoms with van der Waals surface area (Å²) in [5, 5.41) is 0.901. The molecule has 0 atom stereocenters. The fraction of sp³-hybridized carbons (Fsp3) is 0.421. The normalized spacial score (nSPS) is 15.5. The van der Waals surface area contributed by atoms with Gasteiger partial charge in [-0.15, -0.1) is 0 Å². The van der Waals surface area contributed by atoms with E-state index in [-0.39, 0.29) is 11.8 Å². The molecule has 2 amide bonds. The average molecular weight is 325 g/mol. The summed E-state index contributed by atoms with van der Waals surface area (Å²) in [7, 11) is 0. The molecule has 2 aromatic rings. The van der Waals surface area contributed by atoms with Gasteiger partial charge in [0.15, 0.2) is 0 Å². The molecule has 1 aliphatic rings. The SMILES string of the molecule is CC(=O)N1CCCN(C(=O)c2cc(C)nc3ccc(C)cc23)CC1. The molecule has 0 saturated carbocycles. The molecule has 0 spiro atoms. The molecule has 1 aromatic carbocycles. The van der Waals surface area contributed by atoms with Gasteiger partial charge in [-0.1, -0.05) is 11.6 Å². The van der Waals surface area contributed by atoms with Gasteiger partial charge in [-0.25, -0.2) is 0 Å². The maximum atomic E-state index is 13.1. The van der Waals surface area contributed by atoms with E-state index in [4.69, 9.17) is 0 Å². The lowest BCUT2D eigenvalue weighted by Gasteiger charge is -2.22. The van der Waals surface area contributed by atoms with Crippen molar-refractivity contribution in [2.45, 2.75) is 27.2 Å². The standard InChI is InChI=1S/C19H23N3O2/c1-13-5-6-18-16(11-13)17(12-14(2)20-18)19(24)22-8-4-7-21(9-10-22)15(3)23/h5-6,11-12H,4,7-10H2,1-3H3. The van der Waals surface area contributed by atoms with Crippen LogP contribution in [0.4, 0.5) is 0 Å². The smallest absolute Gasteiger partial charge is 0.254 e.